The predicted octanol–water partition coefficient (Wildman–Crippen LogP) is 1.83. The molecule has 2 aromatic rings. The summed E-state index contributed by atoms with van der Waals surface area (Å²) < 4.78 is 5.56. The summed E-state index contributed by atoms with van der Waals surface area (Å²) in [5.41, 5.74) is 3.18. The van der Waals surface area contributed by atoms with Gasteiger partial charge in [0.05, 0.1) is 17.3 Å². The summed E-state index contributed by atoms with van der Waals surface area (Å²) in [6.07, 6.45) is -0.556. The van der Waals surface area contributed by atoms with Crippen LogP contribution in [0.2, 0.25) is 0 Å². The Morgan fingerprint density at radius 3 is 2.80 bits per heavy atom. The van der Waals surface area contributed by atoms with E-state index < -0.39 is 6.10 Å². The van der Waals surface area contributed by atoms with Crippen LogP contribution < -0.4 is 10.1 Å². The number of benzene rings is 1. The zero-order valence-corrected chi connectivity index (χ0v) is 11.9. The molecule has 0 saturated heterocycles. The van der Waals surface area contributed by atoms with E-state index in [1.807, 2.05) is 5.38 Å². The minimum Gasteiger partial charge on any atom is -0.487 e. The number of hydrogen-bond acceptors (Lipinski definition) is 5. The van der Waals surface area contributed by atoms with Gasteiger partial charge < -0.3 is 15.2 Å². The number of carbonyl (C=O) groups excluding carboxylic acids is 1. The van der Waals surface area contributed by atoms with E-state index in [4.69, 9.17) is 9.84 Å². The summed E-state index contributed by atoms with van der Waals surface area (Å²) >= 11 is 1.52. The quantitative estimate of drug-likeness (QED) is 0.852. The fourth-order valence-electron chi connectivity index (χ4n) is 1.51. The van der Waals surface area contributed by atoms with Crippen molar-refractivity contribution in [2.75, 3.05) is 6.54 Å². The fraction of sp³-hybridized carbons (Fsp3) is 0.286. The molecule has 0 aliphatic carbocycles. The van der Waals surface area contributed by atoms with Gasteiger partial charge in [0, 0.05) is 17.5 Å². The van der Waals surface area contributed by atoms with Gasteiger partial charge in [-0.3, -0.25) is 4.79 Å². The highest BCUT2D eigenvalue weighted by atomic mass is 32.1. The van der Waals surface area contributed by atoms with Crippen LogP contribution in [0.4, 0.5) is 0 Å². The molecule has 1 atom stereocenters. The molecule has 0 radical (unpaired) electrons. The van der Waals surface area contributed by atoms with Crippen molar-refractivity contribution in [3.05, 3.63) is 46.4 Å². The zero-order valence-electron chi connectivity index (χ0n) is 11.1. The molecule has 1 aromatic heterocycles. The van der Waals surface area contributed by atoms with Gasteiger partial charge in [-0.2, -0.15) is 0 Å². The van der Waals surface area contributed by atoms with Gasteiger partial charge >= 0.3 is 0 Å². The lowest BCUT2D eigenvalue weighted by Gasteiger charge is -2.08. The van der Waals surface area contributed by atoms with Crippen LogP contribution in [0.25, 0.3) is 0 Å². The van der Waals surface area contributed by atoms with Crippen LogP contribution in [0.15, 0.2) is 35.2 Å². The number of thiazole rings is 1. The Bertz CT molecular complexity index is 538. The van der Waals surface area contributed by atoms with E-state index in [2.05, 4.69) is 10.3 Å². The van der Waals surface area contributed by atoms with Crippen LogP contribution in [0.5, 0.6) is 5.75 Å². The second-order valence-electron chi connectivity index (χ2n) is 4.35. The van der Waals surface area contributed by atoms with Crippen molar-refractivity contribution in [2.24, 2.45) is 0 Å². The molecule has 6 heteroatoms. The van der Waals surface area contributed by atoms with Gasteiger partial charge in [-0.15, -0.1) is 11.3 Å². The van der Waals surface area contributed by atoms with Gasteiger partial charge in [-0.25, -0.2) is 4.98 Å². The molecule has 0 saturated carbocycles. The van der Waals surface area contributed by atoms with Gasteiger partial charge in [0.1, 0.15) is 12.4 Å². The summed E-state index contributed by atoms with van der Waals surface area (Å²) in [7, 11) is 0. The first-order valence-corrected chi connectivity index (χ1v) is 7.15. The smallest absolute Gasteiger partial charge is 0.251 e. The number of hydrogen-bond donors (Lipinski definition) is 2. The Morgan fingerprint density at radius 1 is 1.45 bits per heavy atom. The summed E-state index contributed by atoms with van der Waals surface area (Å²) in [6.45, 7) is 2.27. The van der Waals surface area contributed by atoms with Crippen LogP contribution in [-0.4, -0.2) is 28.6 Å². The van der Waals surface area contributed by atoms with Gasteiger partial charge in [0.25, 0.3) is 5.91 Å². The lowest BCUT2D eigenvalue weighted by atomic mass is 10.2. The van der Waals surface area contributed by atoms with Crippen molar-refractivity contribution in [1.29, 1.82) is 0 Å². The normalized spacial score (nSPS) is 11.9. The van der Waals surface area contributed by atoms with Crippen LogP contribution in [0.3, 0.4) is 0 Å². The third-order valence-electron chi connectivity index (χ3n) is 2.54. The average molecular weight is 292 g/mol. The molecule has 0 bridgehead atoms. The molecule has 2 N–H and O–H groups in total. The Kier molecular flexibility index (Phi) is 5.09. The summed E-state index contributed by atoms with van der Waals surface area (Å²) in [5, 5.41) is 13.7. The third-order valence-corrected chi connectivity index (χ3v) is 3.18. The Balaban J connectivity index is 1.87. The lowest BCUT2D eigenvalue weighted by molar-refractivity contribution is 0.0924. The van der Waals surface area contributed by atoms with Crippen molar-refractivity contribution in [3.8, 4) is 5.75 Å². The highest BCUT2D eigenvalue weighted by Crippen LogP contribution is 2.14. The van der Waals surface area contributed by atoms with Gasteiger partial charge in [0.15, 0.2) is 0 Å². The molecule has 1 unspecified atom stereocenters. The molecular weight excluding hydrogens is 276 g/mol. The SMILES string of the molecule is CC(O)CNC(=O)c1ccc(OCc2cscn2)cc1. The minimum absolute atomic E-state index is 0.211. The van der Waals surface area contributed by atoms with E-state index in [0.717, 1.165) is 5.69 Å². The van der Waals surface area contributed by atoms with E-state index in [1.165, 1.54) is 11.3 Å². The minimum atomic E-state index is -0.556. The number of aliphatic hydroxyl groups is 1. The lowest BCUT2D eigenvalue weighted by Crippen LogP contribution is -2.30. The average Bonchev–Trinajstić information content (AvgIpc) is 2.96. The molecule has 20 heavy (non-hydrogen) atoms. The van der Waals surface area contributed by atoms with E-state index in [1.54, 1.807) is 36.7 Å². The van der Waals surface area contributed by atoms with Crippen LogP contribution >= 0.6 is 11.3 Å². The van der Waals surface area contributed by atoms with E-state index in [9.17, 15) is 4.79 Å². The number of ether oxygens (including phenoxy) is 1. The molecule has 1 aromatic carbocycles. The van der Waals surface area contributed by atoms with E-state index in [-0.39, 0.29) is 12.5 Å². The molecule has 106 valence electrons. The van der Waals surface area contributed by atoms with Crippen LogP contribution in [0.1, 0.15) is 23.0 Å². The van der Waals surface area contributed by atoms with Crippen molar-refractivity contribution >= 4 is 17.2 Å². The molecule has 1 amide bonds. The maximum atomic E-state index is 11.7. The number of carbonyl (C=O) groups is 1. The van der Waals surface area contributed by atoms with Gasteiger partial charge in [-0.1, -0.05) is 0 Å². The molecule has 0 spiro atoms. The molecule has 2 rings (SSSR count). The molecular formula is C14H16N2O3S. The van der Waals surface area contributed by atoms with Crippen LogP contribution in [-0.2, 0) is 6.61 Å². The van der Waals surface area contributed by atoms with Gasteiger partial charge in [-0.05, 0) is 31.2 Å². The first kappa shape index (κ1) is 14.5. The molecule has 0 fully saturated rings. The second kappa shape index (κ2) is 7.02. The standard InChI is InChI=1S/C14H16N2O3S/c1-10(17)6-15-14(18)11-2-4-13(5-3-11)19-7-12-8-20-9-16-12/h2-5,8-10,17H,6-7H2,1H3,(H,15,18). The first-order valence-electron chi connectivity index (χ1n) is 6.21. The molecule has 1 heterocycles. The predicted molar refractivity (Wildman–Crippen MR) is 76.9 cm³/mol. The van der Waals surface area contributed by atoms with Crippen molar-refractivity contribution in [2.45, 2.75) is 19.6 Å². The molecule has 0 aliphatic rings. The van der Waals surface area contributed by atoms with Gasteiger partial charge in [0.2, 0.25) is 0 Å². The second-order valence-corrected chi connectivity index (χ2v) is 5.07. The summed E-state index contributed by atoms with van der Waals surface area (Å²) in [5.74, 6) is 0.474. The van der Waals surface area contributed by atoms with E-state index in [0.29, 0.717) is 17.9 Å². The largest absolute Gasteiger partial charge is 0.487 e. The Hall–Kier alpha value is -1.92. The van der Waals surface area contributed by atoms with Crippen molar-refractivity contribution in [1.82, 2.24) is 10.3 Å². The Morgan fingerprint density at radius 2 is 2.20 bits per heavy atom. The number of rotatable bonds is 6. The third kappa shape index (κ3) is 4.32. The number of nitrogens with zero attached hydrogens (tertiary/aromatic N) is 1. The highest BCUT2D eigenvalue weighted by Gasteiger charge is 2.06. The first-order chi connectivity index (χ1) is 9.65. The number of aromatic nitrogens is 1. The summed E-state index contributed by atoms with van der Waals surface area (Å²) in [4.78, 5) is 15.9. The number of amides is 1. The zero-order chi connectivity index (χ0) is 14.4. The summed E-state index contributed by atoms with van der Waals surface area (Å²) in [6, 6.07) is 6.86. The maximum absolute atomic E-state index is 11.7. The molecule has 5 nitrogen and oxygen atoms in total. The van der Waals surface area contributed by atoms with Crippen molar-refractivity contribution in [3.63, 3.8) is 0 Å². The van der Waals surface area contributed by atoms with E-state index >= 15 is 0 Å². The highest BCUT2D eigenvalue weighted by molar-refractivity contribution is 7.07. The monoisotopic (exact) mass is 292 g/mol. The fourth-order valence-corrected chi connectivity index (χ4v) is 2.05. The topological polar surface area (TPSA) is 71.5 Å². The number of aliphatic hydroxyl groups excluding tert-OH is 1. The van der Waals surface area contributed by atoms with Crippen LogP contribution in [0, 0.1) is 0 Å². The number of nitrogens with one attached hydrogen (secondary N) is 1. The molecule has 0 aliphatic heterocycles. The maximum Gasteiger partial charge on any atom is 0.251 e. The van der Waals surface area contributed by atoms with Crippen molar-refractivity contribution < 1.29 is 14.6 Å². The Labute approximate surface area is 121 Å².